The van der Waals surface area contributed by atoms with Gasteiger partial charge < -0.3 is 25.8 Å². The van der Waals surface area contributed by atoms with Gasteiger partial charge in [-0.15, -0.1) is 0 Å². The molecule has 0 aromatic heterocycles. The summed E-state index contributed by atoms with van der Waals surface area (Å²) in [6.45, 7) is 4.77. The molecule has 4 rings (SSSR count). The Kier molecular flexibility index (Phi) is 7.50. The van der Waals surface area contributed by atoms with Crippen LogP contribution in [0.5, 0.6) is 0 Å². The van der Waals surface area contributed by atoms with E-state index in [2.05, 4.69) is 32.8 Å². The van der Waals surface area contributed by atoms with Crippen LogP contribution in [-0.2, 0) is 9.59 Å². The minimum atomic E-state index is -0.177. The molecule has 1 aromatic rings. The summed E-state index contributed by atoms with van der Waals surface area (Å²) in [7, 11) is 2.08. The third-order valence-electron chi connectivity index (χ3n) is 6.61. The normalized spacial score (nSPS) is 26.4. The van der Waals surface area contributed by atoms with Crippen LogP contribution in [0.3, 0.4) is 0 Å². The lowest BCUT2D eigenvalue weighted by atomic mass is 10.0. The number of likely N-dealkylation sites (N-methyl/N-ethyl adjacent to an activating group) is 1. The topological polar surface area (TPSA) is 79.9 Å². The summed E-state index contributed by atoms with van der Waals surface area (Å²) in [6, 6.07) is 7.42. The fraction of sp³-hybridized carbons (Fsp3) is 0.591. The molecule has 0 radical (unpaired) electrons. The maximum atomic E-state index is 12.7. The predicted molar refractivity (Wildman–Crippen MR) is 130 cm³/mol. The molecule has 3 atom stereocenters. The van der Waals surface area contributed by atoms with Gasteiger partial charge in [0.15, 0.2) is 5.11 Å². The minimum absolute atomic E-state index is 0.0625. The zero-order valence-electron chi connectivity index (χ0n) is 18.3. The third kappa shape index (κ3) is 5.70. The number of carbonyl (C=O) groups is 2. The lowest BCUT2D eigenvalue weighted by Gasteiger charge is -2.38. The van der Waals surface area contributed by atoms with Crippen LogP contribution in [0, 0.1) is 0 Å². The van der Waals surface area contributed by atoms with Gasteiger partial charge in [0.25, 0.3) is 0 Å². The van der Waals surface area contributed by atoms with Crippen LogP contribution in [0.1, 0.15) is 19.3 Å². The molecule has 174 valence electrons. The van der Waals surface area contributed by atoms with Crippen molar-refractivity contribution in [2.24, 2.45) is 0 Å². The largest absolute Gasteiger partial charge is 0.358 e. The second-order valence-corrected chi connectivity index (χ2v) is 9.72. The van der Waals surface area contributed by atoms with E-state index >= 15 is 0 Å². The summed E-state index contributed by atoms with van der Waals surface area (Å²) < 4.78 is 0. The molecular weight excluding hydrogens is 448 g/mol. The van der Waals surface area contributed by atoms with Gasteiger partial charge in [-0.3, -0.25) is 14.5 Å². The number of thiocarbonyl (C=S) groups is 1. The first-order chi connectivity index (χ1) is 15.4. The summed E-state index contributed by atoms with van der Waals surface area (Å²) in [5.41, 5.74) is 0.862. The van der Waals surface area contributed by atoms with Crippen LogP contribution in [0.4, 0.5) is 5.69 Å². The average Bonchev–Trinajstić information content (AvgIpc) is 3.19. The van der Waals surface area contributed by atoms with Crippen LogP contribution < -0.4 is 16.0 Å². The van der Waals surface area contributed by atoms with Crippen molar-refractivity contribution in [1.82, 2.24) is 25.3 Å². The molecule has 3 N–H and O–H groups in total. The highest BCUT2D eigenvalue weighted by Gasteiger charge is 2.43. The molecule has 2 amide bonds. The molecule has 32 heavy (non-hydrogen) atoms. The van der Waals surface area contributed by atoms with Crippen molar-refractivity contribution >= 4 is 46.4 Å². The fourth-order valence-corrected chi connectivity index (χ4v) is 5.15. The SMILES string of the molecule is CN1CCN(C(=O)CC[C@@H]2CNC(=O)[C@@H]3C[C@H](NC(=S)Nc4ccc(Cl)cc4)CN23)CC1. The van der Waals surface area contributed by atoms with Crippen molar-refractivity contribution in [1.29, 1.82) is 0 Å². The molecule has 3 saturated heterocycles. The van der Waals surface area contributed by atoms with E-state index in [1.165, 1.54) is 0 Å². The molecular formula is C22H31ClN6O2S. The van der Waals surface area contributed by atoms with E-state index < -0.39 is 0 Å². The molecule has 0 bridgehead atoms. The summed E-state index contributed by atoms with van der Waals surface area (Å²) >= 11 is 11.4. The zero-order chi connectivity index (χ0) is 22.7. The number of halogens is 1. The van der Waals surface area contributed by atoms with Gasteiger partial charge in [-0.05, 0) is 56.4 Å². The van der Waals surface area contributed by atoms with Crippen molar-refractivity contribution in [2.75, 3.05) is 51.6 Å². The van der Waals surface area contributed by atoms with E-state index in [1.807, 2.05) is 17.0 Å². The first kappa shape index (κ1) is 23.2. The molecule has 0 spiro atoms. The Morgan fingerprint density at radius 2 is 1.94 bits per heavy atom. The molecule has 0 saturated carbocycles. The number of anilines is 1. The lowest BCUT2D eigenvalue weighted by molar-refractivity contribution is -0.133. The van der Waals surface area contributed by atoms with Crippen LogP contribution in [-0.4, -0.2) is 96.1 Å². The van der Waals surface area contributed by atoms with Gasteiger partial charge >= 0.3 is 0 Å². The van der Waals surface area contributed by atoms with Gasteiger partial charge in [0.2, 0.25) is 11.8 Å². The fourth-order valence-electron chi connectivity index (χ4n) is 4.74. The first-order valence-corrected chi connectivity index (χ1v) is 12.0. The number of hydrogen-bond donors (Lipinski definition) is 3. The Bertz CT molecular complexity index is 845. The predicted octanol–water partition coefficient (Wildman–Crippen LogP) is 1.12. The summed E-state index contributed by atoms with van der Waals surface area (Å²) in [4.78, 5) is 31.6. The van der Waals surface area contributed by atoms with Crippen LogP contribution in [0.15, 0.2) is 24.3 Å². The van der Waals surface area contributed by atoms with Crippen LogP contribution >= 0.6 is 23.8 Å². The monoisotopic (exact) mass is 478 g/mol. The maximum absolute atomic E-state index is 12.7. The molecule has 3 fully saturated rings. The zero-order valence-corrected chi connectivity index (χ0v) is 19.9. The number of nitrogens with one attached hydrogen (secondary N) is 3. The third-order valence-corrected chi connectivity index (χ3v) is 7.08. The van der Waals surface area contributed by atoms with Crippen molar-refractivity contribution in [3.8, 4) is 0 Å². The van der Waals surface area contributed by atoms with Gasteiger partial charge in [0.05, 0.1) is 6.04 Å². The first-order valence-electron chi connectivity index (χ1n) is 11.2. The van der Waals surface area contributed by atoms with Gasteiger partial charge in [-0.25, -0.2) is 0 Å². The van der Waals surface area contributed by atoms with E-state index in [-0.39, 0.29) is 29.9 Å². The summed E-state index contributed by atoms with van der Waals surface area (Å²) in [5, 5.41) is 10.7. The van der Waals surface area contributed by atoms with Crippen molar-refractivity contribution in [3.05, 3.63) is 29.3 Å². The molecule has 3 heterocycles. The maximum Gasteiger partial charge on any atom is 0.237 e. The van der Waals surface area contributed by atoms with Crippen LogP contribution in [0.25, 0.3) is 0 Å². The van der Waals surface area contributed by atoms with E-state index in [1.54, 1.807) is 12.1 Å². The van der Waals surface area contributed by atoms with Crippen molar-refractivity contribution in [3.63, 3.8) is 0 Å². The molecule has 0 unspecified atom stereocenters. The van der Waals surface area contributed by atoms with E-state index in [9.17, 15) is 9.59 Å². The lowest BCUT2D eigenvalue weighted by Crippen LogP contribution is -2.58. The second kappa shape index (κ2) is 10.3. The van der Waals surface area contributed by atoms with Gasteiger partial charge in [0.1, 0.15) is 0 Å². The Labute approximate surface area is 199 Å². The Morgan fingerprint density at radius 3 is 2.66 bits per heavy atom. The number of fused-ring (bicyclic) bond motifs is 1. The van der Waals surface area contributed by atoms with Gasteiger partial charge in [-0.1, -0.05) is 11.6 Å². The molecule has 3 aliphatic heterocycles. The highest BCUT2D eigenvalue weighted by molar-refractivity contribution is 7.80. The molecule has 10 heteroatoms. The Morgan fingerprint density at radius 1 is 1.22 bits per heavy atom. The molecule has 3 aliphatic rings. The molecule has 0 aliphatic carbocycles. The van der Waals surface area contributed by atoms with Crippen molar-refractivity contribution < 1.29 is 9.59 Å². The highest BCUT2D eigenvalue weighted by Crippen LogP contribution is 2.26. The number of carbonyl (C=O) groups excluding carboxylic acids is 2. The summed E-state index contributed by atoms with van der Waals surface area (Å²) in [6.07, 6.45) is 1.96. The number of benzene rings is 1. The number of rotatable bonds is 5. The number of piperazine rings is 2. The number of nitrogens with zero attached hydrogens (tertiary/aromatic N) is 3. The Hall–Kier alpha value is -1.94. The highest BCUT2D eigenvalue weighted by atomic mass is 35.5. The average molecular weight is 479 g/mol. The standard InChI is InChI=1S/C22H31ClN6O2S/c1-27-8-10-28(11-9-27)20(30)7-6-18-13-24-21(31)19-12-17(14-29(18)19)26-22(32)25-16-4-2-15(23)3-5-16/h2-5,17-19H,6-14H2,1H3,(H,24,31)(H2,25,26,32)/t17-,18+,19-/m0/s1. The van der Waals surface area contributed by atoms with E-state index in [0.717, 1.165) is 44.8 Å². The van der Waals surface area contributed by atoms with Gasteiger partial charge in [0, 0.05) is 68.5 Å². The smallest absolute Gasteiger partial charge is 0.237 e. The number of hydrogen-bond acceptors (Lipinski definition) is 5. The van der Waals surface area contributed by atoms with E-state index in [0.29, 0.717) is 29.5 Å². The van der Waals surface area contributed by atoms with Gasteiger partial charge in [-0.2, -0.15) is 0 Å². The Balaban J connectivity index is 1.28. The quantitative estimate of drug-likeness (QED) is 0.547. The van der Waals surface area contributed by atoms with Crippen LogP contribution in [0.2, 0.25) is 5.02 Å². The minimum Gasteiger partial charge on any atom is -0.358 e. The number of amides is 2. The molecule has 1 aromatic carbocycles. The summed E-state index contributed by atoms with van der Waals surface area (Å²) in [5.74, 6) is 0.279. The van der Waals surface area contributed by atoms with E-state index in [4.69, 9.17) is 23.8 Å². The second-order valence-electron chi connectivity index (χ2n) is 8.87. The molecule has 8 nitrogen and oxygen atoms in total. The van der Waals surface area contributed by atoms with Crippen molar-refractivity contribution in [2.45, 2.75) is 37.4 Å².